The van der Waals surface area contributed by atoms with Gasteiger partial charge in [0.05, 0.1) is 12.8 Å². The number of amides is 1. The van der Waals surface area contributed by atoms with Gasteiger partial charge < -0.3 is 0 Å². The van der Waals surface area contributed by atoms with Crippen LogP contribution in [0.4, 0.5) is 0 Å². The second-order valence-corrected chi connectivity index (χ2v) is 7.01. The molecule has 0 aliphatic carbocycles. The maximum Gasteiger partial charge on any atom is 0.285 e. The number of hydrogen-bond donors (Lipinski definition) is 0. The Balaban J connectivity index is 2.12. The Kier molecular flexibility index (Phi) is 5.36. The average Bonchev–Trinajstić information content (AvgIpc) is 2.42. The third-order valence-corrected chi connectivity index (χ3v) is 4.01. The molecule has 1 aliphatic rings. The van der Waals surface area contributed by atoms with E-state index < -0.39 is 10.1 Å². The molecule has 1 unspecified atom stereocenters. The lowest BCUT2D eigenvalue weighted by Gasteiger charge is -2.27. The zero-order chi connectivity index (χ0) is 15.3. The number of hydrogen-bond acceptors (Lipinski definition) is 4. The molecule has 1 amide bonds. The summed E-state index contributed by atoms with van der Waals surface area (Å²) in [4.78, 5) is 12.5. The van der Waals surface area contributed by atoms with Gasteiger partial charge in [0.1, 0.15) is 0 Å². The van der Waals surface area contributed by atoms with Crippen LogP contribution >= 0.6 is 0 Å². The predicted molar refractivity (Wildman–Crippen MR) is 79.7 cm³/mol. The predicted octanol–water partition coefficient (Wildman–Crippen LogP) is 2.14. The van der Waals surface area contributed by atoms with E-state index >= 15 is 0 Å². The summed E-state index contributed by atoms with van der Waals surface area (Å²) in [5, 5.41) is 1.03. The van der Waals surface area contributed by atoms with Gasteiger partial charge in [-0.3, -0.25) is 4.79 Å². The zero-order valence-electron chi connectivity index (χ0n) is 12.2. The van der Waals surface area contributed by atoms with Gasteiger partial charge in [0, 0.05) is 5.92 Å². The largest absolute Gasteiger partial charge is 0.285 e. The third-order valence-electron chi connectivity index (χ3n) is 3.56. The van der Waals surface area contributed by atoms with Crippen LogP contribution in [-0.4, -0.2) is 32.2 Å². The van der Waals surface area contributed by atoms with Crippen LogP contribution in [-0.2, 0) is 25.6 Å². The second-order valence-electron chi connectivity index (χ2n) is 5.45. The molecule has 116 valence electrons. The molecule has 6 heteroatoms. The molecule has 1 fully saturated rings. The van der Waals surface area contributed by atoms with Gasteiger partial charge in [0.25, 0.3) is 16.0 Å². The van der Waals surface area contributed by atoms with Crippen molar-refractivity contribution in [3.63, 3.8) is 0 Å². The van der Waals surface area contributed by atoms with Gasteiger partial charge in [0.15, 0.2) is 0 Å². The van der Waals surface area contributed by atoms with Gasteiger partial charge in [-0.25, -0.2) is 5.06 Å². The van der Waals surface area contributed by atoms with Gasteiger partial charge in [-0.05, 0) is 24.8 Å². The minimum absolute atomic E-state index is 0.227. The van der Waals surface area contributed by atoms with Crippen molar-refractivity contribution in [2.45, 2.75) is 32.1 Å². The number of carbonyl (C=O) groups is 1. The molecule has 1 aromatic carbocycles. The zero-order valence-corrected chi connectivity index (χ0v) is 13.0. The van der Waals surface area contributed by atoms with Crippen LogP contribution in [0.25, 0.3) is 0 Å². The van der Waals surface area contributed by atoms with Crippen LogP contribution < -0.4 is 0 Å². The minimum atomic E-state index is -3.68. The van der Waals surface area contributed by atoms with Crippen LogP contribution in [0.5, 0.6) is 0 Å². The normalized spacial score (nSPS) is 20.9. The summed E-state index contributed by atoms with van der Waals surface area (Å²) >= 11 is 0. The maximum absolute atomic E-state index is 12.5. The molecule has 5 nitrogen and oxygen atoms in total. The summed E-state index contributed by atoms with van der Waals surface area (Å²) in [6, 6.07) is 9.77. The molecule has 1 heterocycles. The van der Waals surface area contributed by atoms with Gasteiger partial charge in [-0.2, -0.15) is 8.42 Å². The molecular weight excluding hydrogens is 290 g/mol. The number of rotatable bonds is 4. The van der Waals surface area contributed by atoms with E-state index in [1.807, 2.05) is 30.3 Å². The van der Waals surface area contributed by atoms with E-state index in [-0.39, 0.29) is 11.8 Å². The van der Waals surface area contributed by atoms with Gasteiger partial charge >= 0.3 is 0 Å². The smallest absolute Gasteiger partial charge is 0.272 e. The molecule has 2 rings (SSSR count). The van der Waals surface area contributed by atoms with Crippen molar-refractivity contribution in [1.82, 2.24) is 5.06 Å². The molecule has 0 saturated carbocycles. The highest BCUT2D eigenvalue weighted by Gasteiger charge is 2.29. The van der Waals surface area contributed by atoms with Crippen molar-refractivity contribution >= 4 is 16.0 Å². The summed E-state index contributed by atoms with van der Waals surface area (Å²) in [7, 11) is -3.68. The topological polar surface area (TPSA) is 63.7 Å². The third kappa shape index (κ3) is 5.13. The summed E-state index contributed by atoms with van der Waals surface area (Å²) in [6.45, 7) is 0.331. The average molecular weight is 311 g/mol. The Hall–Kier alpha value is -1.40. The van der Waals surface area contributed by atoms with Crippen molar-refractivity contribution < 1.29 is 17.5 Å². The minimum Gasteiger partial charge on any atom is -0.272 e. The molecule has 1 atom stereocenters. The van der Waals surface area contributed by atoms with Gasteiger partial charge in [-0.15, -0.1) is 4.28 Å². The maximum atomic E-state index is 12.5. The number of nitrogens with zero attached hydrogens (tertiary/aromatic N) is 1. The van der Waals surface area contributed by atoms with E-state index in [2.05, 4.69) is 0 Å². The Morgan fingerprint density at radius 2 is 1.90 bits per heavy atom. The molecular formula is C15H21NO4S. The first-order valence-corrected chi connectivity index (χ1v) is 9.02. The molecule has 1 aliphatic heterocycles. The lowest BCUT2D eigenvalue weighted by molar-refractivity contribution is -0.162. The Morgan fingerprint density at radius 3 is 2.57 bits per heavy atom. The van der Waals surface area contributed by atoms with Crippen molar-refractivity contribution in [2.75, 3.05) is 12.8 Å². The van der Waals surface area contributed by atoms with Crippen LogP contribution in [0.2, 0.25) is 0 Å². The van der Waals surface area contributed by atoms with Crippen molar-refractivity contribution in [2.24, 2.45) is 5.92 Å². The first kappa shape index (κ1) is 16.0. The molecule has 0 aromatic heterocycles. The molecule has 0 radical (unpaired) electrons. The fraction of sp³-hybridized carbons (Fsp3) is 0.533. The lowest BCUT2D eigenvalue weighted by atomic mass is 9.91. The van der Waals surface area contributed by atoms with E-state index in [1.165, 1.54) is 0 Å². The number of carbonyl (C=O) groups excluding carboxylic acids is 1. The first-order valence-electron chi connectivity index (χ1n) is 7.20. The van der Waals surface area contributed by atoms with Crippen LogP contribution in [0.3, 0.4) is 0 Å². The van der Waals surface area contributed by atoms with E-state index in [0.717, 1.165) is 42.6 Å². The van der Waals surface area contributed by atoms with Crippen molar-refractivity contribution in [3.05, 3.63) is 35.9 Å². The van der Waals surface area contributed by atoms with Crippen LogP contribution in [0, 0.1) is 5.92 Å². The standard InChI is InChI=1S/C15H21NO4S/c1-21(18,19)20-16-11-7-3-6-10-14(15(16)17)12-13-8-4-2-5-9-13/h2,4-5,8-9,14H,3,6-7,10-12H2,1H3. The fourth-order valence-corrected chi connectivity index (χ4v) is 3.06. The highest BCUT2D eigenvalue weighted by atomic mass is 32.2. The quantitative estimate of drug-likeness (QED) is 0.854. The van der Waals surface area contributed by atoms with E-state index in [9.17, 15) is 13.2 Å². The van der Waals surface area contributed by atoms with E-state index in [4.69, 9.17) is 4.28 Å². The highest BCUT2D eigenvalue weighted by Crippen LogP contribution is 2.22. The summed E-state index contributed by atoms with van der Waals surface area (Å²) in [5.74, 6) is -0.460. The number of benzene rings is 1. The SMILES string of the molecule is CS(=O)(=O)ON1CCCCCC(Cc2ccccc2)C1=O. The molecule has 1 aromatic rings. The summed E-state index contributed by atoms with van der Waals surface area (Å²) in [6.07, 6.45) is 5.06. The molecule has 0 N–H and O–H groups in total. The molecule has 21 heavy (non-hydrogen) atoms. The fourth-order valence-electron chi connectivity index (χ4n) is 2.59. The van der Waals surface area contributed by atoms with Crippen LogP contribution in [0.1, 0.15) is 31.2 Å². The summed E-state index contributed by atoms with van der Waals surface area (Å²) < 4.78 is 27.4. The number of hydroxylamine groups is 2. The van der Waals surface area contributed by atoms with E-state index in [1.54, 1.807) is 0 Å². The monoisotopic (exact) mass is 311 g/mol. The first-order chi connectivity index (χ1) is 9.96. The lowest BCUT2D eigenvalue weighted by Crippen LogP contribution is -2.40. The van der Waals surface area contributed by atoms with E-state index in [0.29, 0.717) is 13.0 Å². The Bertz CT molecular complexity index is 571. The Morgan fingerprint density at radius 1 is 1.19 bits per heavy atom. The summed E-state index contributed by atoms with van der Waals surface area (Å²) in [5.41, 5.74) is 1.08. The Labute approximate surface area is 126 Å². The van der Waals surface area contributed by atoms with Crippen molar-refractivity contribution in [1.29, 1.82) is 0 Å². The van der Waals surface area contributed by atoms with Gasteiger partial charge in [-0.1, -0.05) is 43.2 Å². The highest BCUT2D eigenvalue weighted by molar-refractivity contribution is 7.85. The second kappa shape index (κ2) is 7.04. The van der Waals surface area contributed by atoms with Crippen molar-refractivity contribution in [3.8, 4) is 0 Å². The molecule has 1 saturated heterocycles. The van der Waals surface area contributed by atoms with Gasteiger partial charge in [0.2, 0.25) is 0 Å². The molecule has 0 bridgehead atoms. The molecule has 0 spiro atoms. The van der Waals surface area contributed by atoms with Crippen LogP contribution in [0.15, 0.2) is 30.3 Å².